The van der Waals surface area contributed by atoms with Gasteiger partial charge in [0, 0.05) is 5.39 Å². The highest BCUT2D eigenvalue weighted by molar-refractivity contribution is 7.12. The number of amides is 1. The van der Waals surface area contributed by atoms with Gasteiger partial charge in [0.2, 0.25) is 5.78 Å². The molecule has 0 saturated carbocycles. The normalized spacial score (nSPS) is 11.5. The van der Waals surface area contributed by atoms with Crippen LogP contribution in [0.25, 0.3) is 11.0 Å². The minimum absolute atomic E-state index is 0.101. The van der Waals surface area contributed by atoms with Crippen LogP contribution in [0, 0.1) is 0 Å². The molecular formula is C18H17NO4S. The van der Waals surface area contributed by atoms with Crippen LogP contribution in [-0.4, -0.2) is 17.5 Å². The number of furan rings is 1. The van der Waals surface area contributed by atoms with E-state index in [4.69, 9.17) is 9.15 Å². The quantitative estimate of drug-likeness (QED) is 0.674. The number of nitrogens with one attached hydrogen (secondary N) is 1. The Bertz CT molecular complexity index is 888. The third-order valence-electron chi connectivity index (χ3n) is 3.17. The highest BCUT2D eigenvalue weighted by atomic mass is 32.1. The summed E-state index contributed by atoms with van der Waals surface area (Å²) in [6, 6.07) is 10.7. The standard InChI is InChI=1S/C18H17NO4S/c1-18(2,3)23-17(21)19-14-11-7-4-5-8-12(11)22-16(14)15(20)13-9-6-10-24-13/h4-10H,1-3H3,(H,19,21). The van der Waals surface area contributed by atoms with Gasteiger partial charge >= 0.3 is 6.09 Å². The fourth-order valence-electron chi connectivity index (χ4n) is 2.25. The summed E-state index contributed by atoms with van der Waals surface area (Å²) in [5.74, 6) is -0.170. The number of fused-ring (bicyclic) bond motifs is 1. The number of carbonyl (C=O) groups is 2. The summed E-state index contributed by atoms with van der Waals surface area (Å²) in [6.07, 6.45) is -0.630. The minimum atomic E-state index is -0.637. The Labute approximate surface area is 143 Å². The lowest BCUT2D eigenvalue weighted by atomic mass is 10.1. The summed E-state index contributed by atoms with van der Waals surface area (Å²) in [6.45, 7) is 5.33. The maximum atomic E-state index is 12.7. The fraction of sp³-hybridized carbons (Fsp3) is 0.222. The molecule has 0 aliphatic carbocycles. The van der Waals surface area contributed by atoms with Crippen molar-refractivity contribution < 1.29 is 18.7 Å². The van der Waals surface area contributed by atoms with E-state index in [1.165, 1.54) is 11.3 Å². The Hall–Kier alpha value is -2.60. The van der Waals surface area contributed by atoms with Crippen LogP contribution in [0.1, 0.15) is 36.2 Å². The molecule has 0 aliphatic rings. The number of hydrogen-bond donors (Lipinski definition) is 1. The number of para-hydroxylation sites is 1. The molecule has 0 radical (unpaired) electrons. The van der Waals surface area contributed by atoms with E-state index >= 15 is 0 Å². The number of hydrogen-bond acceptors (Lipinski definition) is 5. The monoisotopic (exact) mass is 343 g/mol. The van der Waals surface area contributed by atoms with Gasteiger partial charge in [0.15, 0.2) is 5.76 Å². The molecule has 2 aromatic heterocycles. The van der Waals surface area contributed by atoms with E-state index in [-0.39, 0.29) is 11.5 Å². The highest BCUT2D eigenvalue weighted by Crippen LogP contribution is 2.33. The predicted molar refractivity (Wildman–Crippen MR) is 93.8 cm³/mol. The summed E-state index contributed by atoms with van der Waals surface area (Å²) < 4.78 is 11.0. The van der Waals surface area contributed by atoms with Gasteiger partial charge in [0.25, 0.3) is 0 Å². The van der Waals surface area contributed by atoms with E-state index in [0.717, 1.165) is 0 Å². The van der Waals surface area contributed by atoms with Crippen molar-refractivity contribution in [2.45, 2.75) is 26.4 Å². The molecule has 0 bridgehead atoms. The Morgan fingerprint density at radius 3 is 2.54 bits per heavy atom. The molecule has 1 N–H and O–H groups in total. The summed E-state index contributed by atoms with van der Waals surface area (Å²) >= 11 is 1.32. The zero-order chi connectivity index (χ0) is 17.3. The fourth-order valence-corrected chi connectivity index (χ4v) is 2.92. The molecule has 1 aromatic carbocycles. The maximum absolute atomic E-state index is 12.7. The van der Waals surface area contributed by atoms with Gasteiger partial charge in [0.1, 0.15) is 16.9 Å². The molecule has 24 heavy (non-hydrogen) atoms. The third kappa shape index (κ3) is 3.33. The van der Waals surface area contributed by atoms with E-state index < -0.39 is 11.7 Å². The predicted octanol–water partition coefficient (Wildman–Crippen LogP) is 5.07. The first kappa shape index (κ1) is 16.3. The second-order valence-electron chi connectivity index (χ2n) is 6.24. The summed E-state index contributed by atoms with van der Waals surface area (Å²) in [5.41, 5.74) is 0.225. The van der Waals surface area contributed by atoms with Gasteiger partial charge in [-0.1, -0.05) is 18.2 Å². The van der Waals surface area contributed by atoms with E-state index in [1.807, 2.05) is 17.5 Å². The van der Waals surface area contributed by atoms with Crippen LogP contribution in [0.4, 0.5) is 10.5 Å². The van der Waals surface area contributed by atoms with Gasteiger partial charge in [-0.2, -0.15) is 0 Å². The molecule has 2 heterocycles. The Balaban J connectivity index is 2.03. The van der Waals surface area contributed by atoms with Gasteiger partial charge in [-0.25, -0.2) is 4.79 Å². The molecule has 3 rings (SSSR count). The topological polar surface area (TPSA) is 68.5 Å². The lowest BCUT2D eigenvalue weighted by Crippen LogP contribution is -2.27. The SMILES string of the molecule is CC(C)(C)OC(=O)Nc1c(C(=O)c2cccs2)oc2ccccc12. The van der Waals surface area contributed by atoms with Crippen LogP contribution in [-0.2, 0) is 4.74 Å². The molecule has 0 aliphatic heterocycles. The third-order valence-corrected chi connectivity index (χ3v) is 4.04. The summed E-state index contributed by atoms with van der Waals surface area (Å²) in [4.78, 5) is 25.4. The highest BCUT2D eigenvalue weighted by Gasteiger charge is 2.25. The van der Waals surface area contributed by atoms with Crippen molar-refractivity contribution in [3.63, 3.8) is 0 Å². The van der Waals surface area contributed by atoms with Crippen molar-refractivity contribution in [2.75, 3.05) is 5.32 Å². The zero-order valence-corrected chi connectivity index (χ0v) is 14.4. The smallest absolute Gasteiger partial charge is 0.412 e. The first-order valence-electron chi connectivity index (χ1n) is 7.45. The van der Waals surface area contributed by atoms with Crippen LogP contribution in [0.5, 0.6) is 0 Å². The number of anilines is 1. The molecule has 5 nitrogen and oxygen atoms in total. The summed E-state index contributed by atoms with van der Waals surface area (Å²) in [5, 5.41) is 5.13. The van der Waals surface area contributed by atoms with Crippen LogP contribution in [0.15, 0.2) is 46.2 Å². The Morgan fingerprint density at radius 1 is 1.12 bits per heavy atom. The number of carbonyl (C=O) groups excluding carboxylic acids is 2. The molecular weight excluding hydrogens is 326 g/mol. The molecule has 124 valence electrons. The van der Waals surface area contributed by atoms with Crippen molar-refractivity contribution in [2.24, 2.45) is 0 Å². The van der Waals surface area contributed by atoms with Gasteiger partial charge < -0.3 is 9.15 Å². The molecule has 1 amide bonds. The van der Waals surface area contributed by atoms with Crippen molar-refractivity contribution in [1.82, 2.24) is 0 Å². The van der Waals surface area contributed by atoms with Crippen molar-refractivity contribution >= 4 is 39.9 Å². The average Bonchev–Trinajstić information content (AvgIpc) is 3.13. The Kier molecular flexibility index (Phi) is 4.15. The molecule has 0 fully saturated rings. The number of rotatable bonds is 3. The largest absolute Gasteiger partial charge is 0.450 e. The van der Waals surface area contributed by atoms with Gasteiger partial charge in [-0.15, -0.1) is 11.3 Å². The van der Waals surface area contributed by atoms with E-state index in [0.29, 0.717) is 21.5 Å². The van der Waals surface area contributed by atoms with Gasteiger partial charge in [-0.05, 0) is 44.4 Å². The second kappa shape index (κ2) is 6.13. The zero-order valence-electron chi connectivity index (χ0n) is 13.6. The van der Waals surface area contributed by atoms with E-state index in [1.54, 1.807) is 45.0 Å². The number of ether oxygens (including phenoxy) is 1. The molecule has 0 unspecified atom stereocenters. The molecule has 0 saturated heterocycles. The Morgan fingerprint density at radius 2 is 1.88 bits per heavy atom. The number of benzene rings is 1. The summed E-state index contributed by atoms with van der Waals surface area (Å²) in [7, 11) is 0. The van der Waals surface area contributed by atoms with Crippen molar-refractivity contribution in [3.05, 3.63) is 52.4 Å². The van der Waals surface area contributed by atoms with Crippen LogP contribution in [0.2, 0.25) is 0 Å². The number of thiophene rings is 1. The first-order valence-corrected chi connectivity index (χ1v) is 8.33. The first-order chi connectivity index (χ1) is 11.3. The van der Waals surface area contributed by atoms with E-state index in [9.17, 15) is 9.59 Å². The van der Waals surface area contributed by atoms with Crippen LogP contribution >= 0.6 is 11.3 Å². The van der Waals surface area contributed by atoms with Crippen molar-refractivity contribution in [1.29, 1.82) is 0 Å². The number of ketones is 1. The maximum Gasteiger partial charge on any atom is 0.412 e. The minimum Gasteiger partial charge on any atom is -0.450 e. The molecule has 3 aromatic rings. The second-order valence-corrected chi connectivity index (χ2v) is 7.18. The molecule has 0 spiro atoms. The van der Waals surface area contributed by atoms with Crippen molar-refractivity contribution in [3.8, 4) is 0 Å². The van der Waals surface area contributed by atoms with Gasteiger partial charge in [-0.3, -0.25) is 10.1 Å². The van der Waals surface area contributed by atoms with E-state index in [2.05, 4.69) is 5.32 Å². The van der Waals surface area contributed by atoms with Crippen LogP contribution in [0.3, 0.4) is 0 Å². The lowest BCUT2D eigenvalue weighted by Gasteiger charge is -2.19. The van der Waals surface area contributed by atoms with Crippen LogP contribution < -0.4 is 5.32 Å². The lowest BCUT2D eigenvalue weighted by molar-refractivity contribution is 0.0636. The molecule has 6 heteroatoms. The molecule has 0 atom stereocenters. The van der Waals surface area contributed by atoms with Gasteiger partial charge in [0.05, 0.1) is 4.88 Å². The average molecular weight is 343 g/mol.